The first kappa shape index (κ1) is 46.7. The Labute approximate surface area is 342 Å². The van der Waals surface area contributed by atoms with Crippen molar-refractivity contribution in [1.29, 1.82) is 0 Å². The van der Waals surface area contributed by atoms with Crippen molar-refractivity contribution in [3.05, 3.63) is 62.8 Å². The van der Waals surface area contributed by atoms with Crippen molar-refractivity contribution in [2.75, 3.05) is 13.2 Å². The van der Waals surface area contributed by atoms with Crippen LogP contribution >= 0.6 is 0 Å². The van der Waals surface area contributed by atoms with Gasteiger partial charge in [0, 0.05) is 48.0 Å². The van der Waals surface area contributed by atoms with Gasteiger partial charge in [0.25, 0.3) is 0 Å². The van der Waals surface area contributed by atoms with E-state index in [9.17, 15) is 44.4 Å². The number of ketones is 1. The maximum atomic E-state index is 14.5. The second-order valence-corrected chi connectivity index (χ2v) is 17.3. The summed E-state index contributed by atoms with van der Waals surface area (Å²) in [6.45, 7) is 14.6. The zero-order valence-corrected chi connectivity index (χ0v) is 35.1. The molecule has 0 radical (unpaired) electrons. The van der Waals surface area contributed by atoms with E-state index in [1.807, 2.05) is 13.8 Å². The number of allylic oxidation sites excluding steroid dienone is 1. The predicted molar refractivity (Wildman–Crippen MR) is 209 cm³/mol. The number of esters is 3. The van der Waals surface area contributed by atoms with Crippen LogP contribution in [0.5, 0.6) is 0 Å². The molecule has 1 heterocycles. The molecule has 0 spiro atoms. The van der Waals surface area contributed by atoms with Gasteiger partial charge in [-0.05, 0) is 75.8 Å². The molecule has 59 heavy (non-hydrogen) atoms. The van der Waals surface area contributed by atoms with Crippen LogP contribution in [0.3, 0.4) is 0 Å². The molecule has 1 aromatic carbocycles. The van der Waals surface area contributed by atoms with Crippen LogP contribution in [0.25, 0.3) is 10.4 Å². The van der Waals surface area contributed by atoms with E-state index < -0.39 is 107 Å². The van der Waals surface area contributed by atoms with Crippen LogP contribution in [0.15, 0.2) is 51.9 Å². The number of aliphatic hydroxyl groups excluding tert-OH is 3. The third kappa shape index (κ3) is 9.42. The van der Waals surface area contributed by atoms with Crippen molar-refractivity contribution in [1.82, 2.24) is 5.32 Å². The standard InChI is InChI=1S/C41H56N4O14/c1-20(2)16-26(43-37(53)59-38(6,7)8)32(49)36(52)56-27-18-41(54)34(57-35(51)24-12-11-13-25(17-24)44-45-42)30(40(58-23(5)47)19-55-28(40)14-15-46)22(4)31(48)33(50)29(21(27)3)39(41,9)10/h11-13,17,20,26-28,30,32,34,46,48-49,54H,14-16,18-19H2,1-10H3,(H,43,53)/b31-22+/t26-,27-,28+,30+,32+,34-,40-,41+/m0/s1. The molecule has 4 rings (SSSR count). The molecule has 1 aliphatic heterocycles. The third-order valence-electron chi connectivity index (χ3n) is 11.2. The minimum absolute atomic E-state index is 0.0577. The number of nitrogens with one attached hydrogen (secondary N) is 1. The highest BCUT2D eigenvalue weighted by molar-refractivity contribution is 6.09. The summed E-state index contributed by atoms with van der Waals surface area (Å²) in [5, 5.41) is 52.6. The number of fused-ring (bicyclic) bond motifs is 2. The molecule has 1 amide bonds. The number of benzene rings is 1. The molecule has 2 bridgehead atoms. The Morgan fingerprint density at radius 1 is 1.12 bits per heavy atom. The Kier molecular flexibility index (Phi) is 14.0. The molecule has 1 fully saturated rings. The van der Waals surface area contributed by atoms with Gasteiger partial charge in [-0.2, -0.15) is 0 Å². The van der Waals surface area contributed by atoms with Crippen LogP contribution in [0.4, 0.5) is 10.5 Å². The smallest absolute Gasteiger partial charge is 0.407 e. The number of aliphatic hydroxyl groups is 4. The van der Waals surface area contributed by atoms with E-state index in [4.69, 9.17) is 29.2 Å². The maximum absolute atomic E-state index is 14.5. The molecule has 2 aliphatic carbocycles. The Bertz CT molecular complexity index is 1950. The maximum Gasteiger partial charge on any atom is 0.407 e. The van der Waals surface area contributed by atoms with Gasteiger partial charge in [0.1, 0.15) is 29.5 Å². The van der Waals surface area contributed by atoms with Crippen molar-refractivity contribution in [2.45, 2.75) is 136 Å². The fraction of sp³-hybridized carbons (Fsp3) is 0.634. The van der Waals surface area contributed by atoms with Gasteiger partial charge in [0.15, 0.2) is 17.5 Å². The van der Waals surface area contributed by atoms with Gasteiger partial charge in [-0.15, -0.1) is 0 Å². The number of carbonyl (C=O) groups is 5. The Morgan fingerprint density at radius 2 is 1.78 bits per heavy atom. The monoisotopic (exact) mass is 828 g/mol. The van der Waals surface area contributed by atoms with Crippen molar-refractivity contribution in [2.24, 2.45) is 22.4 Å². The lowest BCUT2D eigenvalue weighted by Gasteiger charge is -2.60. The summed E-state index contributed by atoms with van der Waals surface area (Å²) in [6.07, 6.45) is -7.86. The lowest BCUT2D eigenvalue weighted by molar-refractivity contribution is -0.295. The molecule has 0 saturated carbocycles. The number of rotatable bonds is 13. The molecule has 8 atom stereocenters. The zero-order chi connectivity index (χ0) is 44.4. The van der Waals surface area contributed by atoms with Crippen LogP contribution < -0.4 is 5.32 Å². The van der Waals surface area contributed by atoms with Crippen LogP contribution in [0.2, 0.25) is 0 Å². The van der Waals surface area contributed by atoms with E-state index in [1.165, 1.54) is 52.0 Å². The molecule has 5 N–H and O–H groups in total. The third-order valence-corrected chi connectivity index (χ3v) is 11.2. The minimum Gasteiger partial charge on any atom is -0.504 e. The van der Waals surface area contributed by atoms with Crippen LogP contribution in [0, 0.1) is 17.3 Å². The highest BCUT2D eigenvalue weighted by atomic mass is 16.6. The highest BCUT2D eigenvalue weighted by Gasteiger charge is 2.69. The molecule has 1 saturated heterocycles. The molecule has 18 heteroatoms. The van der Waals surface area contributed by atoms with Crippen molar-refractivity contribution < 1.29 is 68.1 Å². The normalized spacial score (nSPS) is 28.8. The van der Waals surface area contributed by atoms with E-state index >= 15 is 0 Å². The summed E-state index contributed by atoms with van der Waals surface area (Å²) < 4.78 is 29.2. The molecule has 1 aromatic rings. The Balaban J connectivity index is 1.93. The van der Waals surface area contributed by atoms with E-state index in [0.29, 0.717) is 0 Å². The summed E-state index contributed by atoms with van der Waals surface area (Å²) in [5.41, 5.74) is 1.85. The number of hydrogen-bond acceptors (Lipinski definition) is 15. The zero-order valence-electron chi connectivity index (χ0n) is 35.1. The minimum atomic E-state index is -2.42. The lowest BCUT2D eigenvalue weighted by atomic mass is 9.53. The predicted octanol–water partition coefficient (Wildman–Crippen LogP) is 4.96. The topological polar surface area (TPSA) is 273 Å². The molecule has 324 valence electrons. The highest BCUT2D eigenvalue weighted by Crippen LogP contribution is 2.58. The molecule has 3 aliphatic rings. The first-order valence-corrected chi connectivity index (χ1v) is 19.4. The number of azide groups is 1. The largest absolute Gasteiger partial charge is 0.504 e. The SMILES string of the molecule is CC(=O)O[C@@]1([C@@H]2/C(C)=C(/O)C(=O)C3=C(C)[C@@H](OC(=O)[C@H](O)[C@H](CC(C)C)NC(=O)OC(C)(C)C)C[C@@](O)([C@H]2OC(=O)c2cccc(N=[N+]=[N-])c2)C3(C)C)CO[C@@H]1CCO. The summed E-state index contributed by atoms with van der Waals surface area (Å²) >= 11 is 0. The van der Waals surface area contributed by atoms with Crippen molar-refractivity contribution in [3.63, 3.8) is 0 Å². The van der Waals surface area contributed by atoms with E-state index in [-0.39, 0.29) is 53.3 Å². The van der Waals surface area contributed by atoms with Gasteiger partial charge in [0.2, 0.25) is 5.78 Å². The van der Waals surface area contributed by atoms with Gasteiger partial charge in [0.05, 0.1) is 24.1 Å². The number of amides is 1. The van der Waals surface area contributed by atoms with Crippen LogP contribution in [-0.2, 0) is 38.1 Å². The molecule has 18 nitrogen and oxygen atoms in total. The van der Waals surface area contributed by atoms with E-state index in [2.05, 4.69) is 15.3 Å². The van der Waals surface area contributed by atoms with Gasteiger partial charge in [-0.25, -0.2) is 14.4 Å². The molecular formula is C41H56N4O14. The summed E-state index contributed by atoms with van der Waals surface area (Å²) in [4.78, 5) is 71.0. The number of alkyl carbamates (subject to hydrolysis) is 1. The summed E-state index contributed by atoms with van der Waals surface area (Å²) in [7, 11) is 0. The van der Waals surface area contributed by atoms with E-state index in [1.54, 1.807) is 20.8 Å². The van der Waals surface area contributed by atoms with E-state index in [0.717, 1.165) is 6.92 Å². The fourth-order valence-electron chi connectivity index (χ4n) is 8.43. The number of Topliss-reactive ketones (excluding diaryl/α,β-unsaturated/α-hetero) is 1. The average molecular weight is 829 g/mol. The van der Waals surface area contributed by atoms with Crippen LogP contribution in [-0.4, -0.2) is 111 Å². The molecular weight excluding hydrogens is 772 g/mol. The van der Waals surface area contributed by atoms with Gasteiger partial charge in [-0.1, -0.05) is 44.9 Å². The van der Waals surface area contributed by atoms with Gasteiger partial charge in [-0.3, -0.25) is 9.59 Å². The number of carbonyl (C=O) groups excluding carboxylic acids is 5. The second-order valence-electron chi connectivity index (χ2n) is 17.3. The quantitative estimate of drug-likeness (QED) is 0.0578. The molecule has 0 aromatic heterocycles. The molecule has 0 unspecified atom stereocenters. The number of ether oxygens (including phenoxy) is 5. The average Bonchev–Trinajstić information content (AvgIpc) is 3.12. The number of nitrogens with zero attached hydrogens (tertiary/aromatic N) is 3. The second kappa shape index (κ2) is 17.7. The van der Waals surface area contributed by atoms with Gasteiger partial charge >= 0.3 is 24.0 Å². The first-order valence-electron chi connectivity index (χ1n) is 19.4. The summed E-state index contributed by atoms with van der Waals surface area (Å²) in [6, 6.07) is 4.27. The lowest BCUT2D eigenvalue weighted by Crippen LogP contribution is -2.73. The number of hydrogen-bond donors (Lipinski definition) is 5. The first-order chi connectivity index (χ1) is 27.3. The van der Waals surface area contributed by atoms with Gasteiger partial charge < -0.3 is 49.4 Å². The Morgan fingerprint density at radius 3 is 2.32 bits per heavy atom. The van der Waals surface area contributed by atoms with Crippen molar-refractivity contribution >= 4 is 35.5 Å². The van der Waals surface area contributed by atoms with Crippen LogP contribution in [0.1, 0.15) is 98.9 Å². The summed E-state index contributed by atoms with van der Waals surface area (Å²) in [5.74, 6) is -6.59. The Hall–Kier alpha value is -5.00. The van der Waals surface area contributed by atoms with Crippen molar-refractivity contribution in [3.8, 4) is 0 Å². The fourth-order valence-corrected chi connectivity index (χ4v) is 8.43.